The highest BCUT2D eigenvalue weighted by molar-refractivity contribution is 6.42. The molecule has 1 N–H and O–H groups in total. The van der Waals surface area contributed by atoms with Gasteiger partial charge >= 0.3 is 0 Å². The maximum absolute atomic E-state index is 10.3. The van der Waals surface area contributed by atoms with Gasteiger partial charge in [-0.05, 0) is 35.4 Å². The Labute approximate surface area is 126 Å². The van der Waals surface area contributed by atoms with Crippen LogP contribution in [0.15, 0.2) is 36.4 Å². The van der Waals surface area contributed by atoms with Crippen molar-refractivity contribution in [3.05, 3.63) is 62.6 Å². The van der Waals surface area contributed by atoms with Crippen molar-refractivity contribution in [2.45, 2.75) is 6.10 Å². The number of ether oxygens (including phenoxy) is 1. The SMILES string of the molecule is COc1ccc(C(O)c2ccc(Cl)c(Cl)c2)cc1Cl. The molecule has 5 heteroatoms. The molecule has 19 heavy (non-hydrogen) atoms. The number of hydrogen-bond acceptors (Lipinski definition) is 2. The first-order valence-electron chi connectivity index (χ1n) is 5.49. The summed E-state index contributed by atoms with van der Waals surface area (Å²) in [6, 6.07) is 10.1. The number of hydrogen-bond donors (Lipinski definition) is 1. The van der Waals surface area contributed by atoms with Crippen LogP contribution in [0.3, 0.4) is 0 Å². The Bertz CT molecular complexity index is 599. The molecule has 0 aromatic heterocycles. The van der Waals surface area contributed by atoms with Gasteiger partial charge in [0.2, 0.25) is 0 Å². The molecular formula is C14H11Cl3O2. The van der Waals surface area contributed by atoms with Crippen molar-refractivity contribution in [3.63, 3.8) is 0 Å². The lowest BCUT2D eigenvalue weighted by Gasteiger charge is -2.13. The minimum Gasteiger partial charge on any atom is -0.495 e. The lowest BCUT2D eigenvalue weighted by molar-refractivity contribution is 0.220. The first-order valence-corrected chi connectivity index (χ1v) is 6.62. The van der Waals surface area contributed by atoms with Crippen molar-refractivity contribution < 1.29 is 9.84 Å². The van der Waals surface area contributed by atoms with E-state index in [1.165, 1.54) is 7.11 Å². The zero-order valence-electron chi connectivity index (χ0n) is 10.0. The third-order valence-corrected chi connectivity index (χ3v) is 3.79. The molecule has 0 heterocycles. The van der Waals surface area contributed by atoms with Crippen molar-refractivity contribution in [1.82, 2.24) is 0 Å². The van der Waals surface area contributed by atoms with Gasteiger partial charge in [-0.2, -0.15) is 0 Å². The second-order valence-electron chi connectivity index (χ2n) is 3.97. The van der Waals surface area contributed by atoms with E-state index in [1.807, 2.05) is 0 Å². The first kappa shape index (κ1) is 14.5. The minimum absolute atomic E-state index is 0.401. The van der Waals surface area contributed by atoms with E-state index in [0.717, 1.165) is 0 Å². The van der Waals surface area contributed by atoms with Crippen LogP contribution in [0.5, 0.6) is 5.75 Å². The number of benzene rings is 2. The molecule has 2 aromatic rings. The van der Waals surface area contributed by atoms with Gasteiger partial charge in [-0.25, -0.2) is 0 Å². The summed E-state index contributed by atoms with van der Waals surface area (Å²) in [4.78, 5) is 0. The zero-order chi connectivity index (χ0) is 14.0. The second-order valence-corrected chi connectivity index (χ2v) is 5.19. The molecule has 0 saturated heterocycles. The lowest BCUT2D eigenvalue weighted by atomic mass is 10.0. The summed E-state index contributed by atoms with van der Waals surface area (Å²) >= 11 is 17.8. The highest BCUT2D eigenvalue weighted by atomic mass is 35.5. The Hall–Kier alpha value is -0.930. The van der Waals surface area contributed by atoms with Crippen LogP contribution in [0.1, 0.15) is 17.2 Å². The van der Waals surface area contributed by atoms with Crippen molar-refractivity contribution >= 4 is 34.8 Å². The van der Waals surface area contributed by atoms with Gasteiger partial charge in [0.25, 0.3) is 0 Å². The van der Waals surface area contributed by atoms with Crippen LogP contribution >= 0.6 is 34.8 Å². The Morgan fingerprint density at radius 3 is 2.00 bits per heavy atom. The lowest BCUT2D eigenvalue weighted by Crippen LogP contribution is -2.00. The fraction of sp³-hybridized carbons (Fsp3) is 0.143. The number of methoxy groups -OCH3 is 1. The normalized spacial score (nSPS) is 12.3. The van der Waals surface area contributed by atoms with Crippen LogP contribution in [0, 0.1) is 0 Å². The van der Waals surface area contributed by atoms with E-state index < -0.39 is 6.10 Å². The van der Waals surface area contributed by atoms with Crippen molar-refractivity contribution in [1.29, 1.82) is 0 Å². The summed E-state index contributed by atoms with van der Waals surface area (Å²) in [6.07, 6.45) is -0.821. The summed E-state index contributed by atoms with van der Waals surface area (Å²) < 4.78 is 5.07. The maximum Gasteiger partial charge on any atom is 0.137 e. The third-order valence-electron chi connectivity index (χ3n) is 2.75. The van der Waals surface area contributed by atoms with E-state index in [0.29, 0.717) is 31.9 Å². The molecule has 100 valence electrons. The third kappa shape index (κ3) is 3.15. The topological polar surface area (TPSA) is 29.5 Å². The molecule has 0 radical (unpaired) electrons. The largest absolute Gasteiger partial charge is 0.495 e. The quantitative estimate of drug-likeness (QED) is 0.886. The summed E-state index contributed by atoms with van der Waals surface area (Å²) in [5, 5.41) is 11.6. The van der Waals surface area contributed by atoms with Gasteiger partial charge in [0.1, 0.15) is 11.9 Å². The minimum atomic E-state index is -0.821. The van der Waals surface area contributed by atoms with E-state index >= 15 is 0 Å². The molecule has 0 bridgehead atoms. The van der Waals surface area contributed by atoms with E-state index in [2.05, 4.69) is 0 Å². The first-order chi connectivity index (χ1) is 9.02. The van der Waals surface area contributed by atoms with Gasteiger partial charge in [0, 0.05) is 0 Å². The van der Waals surface area contributed by atoms with Crippen LogP contribution in [-0.4, -0.2) is 12.2 Å². The fourth-order valence-electron chi connectivity index (χ4n) is 1.73. The van der Waals surface area contributed by atoms with Crippen molar-refractivity contribution in [3.8, 4) is 5.75 Å². The van der Waals surface area contributed by atoms with E-state index in [9.17, 15) is 5.11 Å². The average Bonchev–Trinajstić information content (AvgIpc) is 2.41. The molecule has 0 aliphatic rings. The molecule has 2 rings (SSSR count). The number of halogens is 3. The van der Waals surface area contributed by atoms with Gasteiger partial charge in [-0.1, -0.05) is 46.9 Å². The van der Waals surface area contributed by atoms with Gasteiger partial charge in [-0.3, -0.25) is 0 Å². The van der Waals surface area contributed by atoms with Crippen LogP contribution in [0.2, 0.25) is 15.1 Å². The molecule has 1 unspecified atom stereocenters. The monoisotopic (exact) mass is 316 g/mol. The van der Waals surface area contributed by atoms with Gasteiger partial charge < -0.3 is 9.84 Å². The predicted molar refractivity (Wildman–Crippen MR) is 78.5 cm³/mol. The number of rotatable bonds is 3. The van der Waals surface area contributed by atoms with Crippen LogP contribution in [0.4, 0.5) is 0 Å². The molecule has 0 amide bonds. The molecule has 2 aromatic carbocycles. The Morgan fingerprint density at radius 2 is 1.47 bits per heavy atom. The molecular weight excluding hydrogens is 307 g/mol. The van der Waals surface area contributed by atoms with E-state index in [4.69, 9.17) is 39.5 Å². The summed E-state index contributed by atoms with van der Waals surface area (Å²) in [6.45, 7) is 0. The number of aliphatic hydroxyl groups is 1. The Kier molecular flexibility index (Phi) is 4.58. The fourth-order valence-corrected chi connectivity index (χ4v) is 2.30. The van der Waals surface area contributed by atoms with E-state index in [-0.39, 0.29) is 0 Å². The molecule has 0 spiro atoms. The van der Waals surface area contributed by atoms with Gasteiger partial charge in [-0.15, -0.1) is 0 Å². The molecule has 0 aliphatic carbocycles. The summed E-state index contributed by atoms with van der Waals surface area (Å²) in [5.41, 5.74) is 1.31. The smallest absolute Gasteiger partial charge is 0.137 e. The number of aliphatic hydroxyl groups excluding tert-OH is 1. The van der Waals surface area contributed by atoms with Crippen LogP contribution < -0.4 is 4.74 Å². The highest BCUT2D eigenvalue weighted by Gasteiger charge is 2.13. The molecule has 0 fully saturated rings. The van der Waals surface area contributed by atoms with Crippen molar-refractivity contribution in [2.75, 3.05) is 7.11 Å². The molecule has 0 aliphatic heterocycles. The molecule has 2 nitrogen and oxygen atoms in total. The molecule has 1 atom stereocenters. The summed E-state index contributed by atoms with van der Waals surface area (Å²) in [5.74, 6) is 0.562. The Morgan fingerprint density at radius 1 is 0.895 bits per heavy atom. The average molecular weight is 318 g/mol. The predicted octanol–water partition coefficient (Wildman–Crippen LogP) is 4.74. The summed E-state index contributed by atoms with van der Waals surface area (Å²) in [7, 11) is 1.54. The van der Waals surface area contributed by atoms with Crippen molar-refractivity contribution in [2.24, 2.45) is 0 Å². The van der Waals surface area contributed by atoms with E-state index in [1.54, 1.807) is 36.4 Å². The maximum atomic E-state index is 10.3. The zero-order valence-corrected chi connectivity index (χ0v) is 12.3. The highest BCUT2D eigenvalue weighted by Crippen LogP contribution is 2.32. The van der Waals surface area contributed by atoms with Crippen LogP contribution in [0.25, 0.3) is 0 Å². The van der Waals surface area contributed by atoms with Crippen LogP contribution in [-0.2, 0) is 0 Å². The van der Waals surface area contributed by atoms with Gasteiger partial charge in [0.15, 0.2) is 0 Å². The second kappa shape index (κ2) is 6.02. The Balaban J connectivity index is 2.35. The van der Waals surface area contributed by atoms with Gasteiger partial charge in [0.05, 0.1) is 22.2 Å². The molecule has 0 saturated carbocycles. The standard InChI is InChI=1S/C14H11Cl3O2/c1-19-13-5-3-9(7-12(13)17)14(18)8-2-4-10(15)11(16)6-8/h2-7,14,18H,1H3.